The number of rotatable bonds is 5. The number of hydrogen-bond donors (Lipinski definition) is 1. The van der Waals surface area contributed by atoms with Crippen LogP contribution in [0.5, 0.6) is 5.75 Å². The van der Waals surface area contributed by atoms with Crippen LogP contribution in [0.2, 0.25) is 0 Å². The molecule has 1 aromatic carbocycles. The summed E-state index contributed by atoms with van der Waals surface area (Å²) in [5, 5.41) is 2.89. The molecule has 0 aromatic heterocycles. The fourth-order valence-electron chi connectivity index (χ4n) is 1.95. The zero-order valence-electron chi connectivity index (χ0n) is 12.0. The molecule has 0 aliphatic heterocycles. The standard InChI is InChI=1S/C15H23NO2/c1-6-13(5)16-14(17)9-18-15-11(3)7-10(2)8-12(15)4/h7-8,13H,6,9H2,1-5H3,(H,16,17). The number of carbonyl (C=O) groups excluding carboxylic acids is 1. The van der Waals surface area contributed by atoms with Crippen LogP contribution in [0.3, 0.4) is 0 Å². The van der Waals surface area contributed by atoms with Crippen LogP contribution < -0.4 is 10.1 Å². The highest BCUT2D eigenvalue weighted by atomic mass is 16.5. The third-order valence-electron chi connectivity index (χ3n) is 2.97. The highest BCUT2D eigenvalue weighted by Gasteiger charge is 2.09. The molecule has 3 heteroatoms. The van der Waals surface area contributed by atoms with Crippen LogP contribution in [-0.4, -0.2) is 18.6 Å². The third-order valence-corrected chi connectivity index (χ3v) is 2.97. The van der Waals surface area contributed by atoms with E-state index in [4.69, 9.17) is 4.74 Å². The molecular weight excluding hydrogens is 226 g/mol. The number of nitrogens with one attached hydrogen (secondary N) is 1. The van der Waals surface area contributed by atoms with Crippen molar-refractivity contribution in [2.45, 2.75) is 47.1 Å². The van der Waals surface area contributed by atoms with E-state index in [2.05, 4.69) is 24.4 Å². The SMILES string of the molecule is CCC(C)NC(=O)COc1c(C)cc(C)cc1C. The van der Waals surface area contributed by atoms with E-state index in [1.807, 2.05) is 27.7 Å². The summed E-state index contributed by atoms with van der Waals surface area (Å²) in [6.07, 6.45) is 0.925. The van der Waals surface area contributed by atoms with E-state index in [9.17, 15) is 4.79 Å². The van der Waals surface area contributed by atoms with Gasteiger partial charge in [-0.3, -0.25) is 4.79 Å². The van der Waals surface area contributed by atoms with Crippen molar-refractivity contribution in [2.24, 2.45) is 0 Å². The predicted molar refractivity (Wildman–Crippen MR) is 74.0 cm³/mol. The van der Waals surface area contributed by atoms with E-state index < -0.39 is 0 Å². The lowest BCUT2D eigenvalue weighted by Gasteiger charge is -2.15. The van der Waals surface area contributed by atoms with Crippen molar-refractivity contribution in [1.29, 1.82) is 0 Å². The highest BCUT2D eigenvalue weighted by molar-refractivity contribution is 5.77. The summed E-state index contributed by atoms with van der Waals surface area (Å²) in [7, 11) is 0. The first-order chi connectivity index (χ1) is 8.43. The molecule has 1 aromatic rings. The summed E-state index contributed by atoms with van der Waals surface area (Å²) in [6.45, 7) is 10.2. The van der Waals surface area contributed by atoms with Gasteiger partial charge in [0.15, 0.2) is 6.61 Å². The summed E-state index contributed by atoms with van der Waals surface area (Å²) in [4.78, 5) is 11.6. The Morgan fingerprint density at radius 2 is 1.83 bits per heavy atom. The fourth-order valence-corrected chi connectivity index (χ4v) is 1.95. The van der Waals surface area contributed by atoms with Crippen molar-refractivity contribution < 1.29 is 9.53 Å². The molecule has 0 saturated heterocycles. The van der Waals surface area contributed by atoms with Crippen molar-refractivity contribution in [3.05, 3.63) is 28.8 Å². The van der Waals surface area contributed by atoms with E-state index >= 15 is 0 Å². The van der Waals surface area contributed by atoms with E-state index in [1.165, 1.54) is 5.56 Å². The molecular formula is C15H23NO2. The average Bonchev–Trinajstić information content (AvgIpc) is 2.27. The molecule has 1 unspecified atom stereocenters. The first-order valence-electron chi connectivity index (χ1n) is 6.44. The summed E-state index contributed by atoms with van der Waals surface area (Å²) < 4.78 is 5.62. The quantitative estimate of drug-likeness (QED) is 0.871. The summed E-state index contributed by atoms with van der Waals surface area (Å²) in [5.74, 6) is 0.753. The second kappa shape index (κ2) is 6.43. The van der Waals surface area contributed by atoms with Crippen LogP contribution in [-0.2, 0) is 4.79 Å². The van der Waals surface area contributed by atoms with Crippen LogP contribution in [0.4, 0.5) is 0 Å². The number of amides is 1. The molecule has 1 atom stereocenters. The Bertz CT molecular complexity index is 403. The lowest BCUT2D eigenvalue weighted by molar-refractivity contribution is -0.123. The molecule has 0 fully saturated rings. The zero-order valence-corrected chi connectivity index (χ0v) is 12.0. The maximum atomic E-state index is 11.6. The second-order valence-electron chi connectivity index (χ2n) is 4.89. The lowest BCUT2D eigenvalue weighted by Crippen LogP contribution is -2.35. The van der Waals surface area contributed by atoms with Gasteiger partial charge in [0.05, 0.1) is 0 Å². The zero-order chi connectivity index (χ0) is 13.7. The van der Waals surface area contributed by atoms with Gasteiger partial charge in [-0.15, -0.1) is 0 Å². The second-order valence-corrected chi connectivity index (χ2v) is 4.89. The lowest BCUT2D eigenvalue weighted by atomic mass is 10.1. The van der Waals surface area contributed by atoms with Gasteiger partial charge in [-0.05, 0) is 45.2 Å². The smallest absolute Gasteiger partial charge is 0.258 e. The Hall–Kier alpha value is -1.51. The molecule has 0 aliphatic rings. The molecule has 100 valence electrons. The Labute approximate surface area is 110 Å². The topological polar surface area (TPSA) is 38.3 Å². The van der Waals surface area contributed by atoms with Gasteiger partial charge in [-0.1, -0.05) is 24.6 Å². The van der Waals surface area contributed by atoms with Crippen LogP contribution in [0.15, 0.2) is 12.1 Å². The van der Waals surface area contributed by atoms with Gasteiger partial charge in [0.25, 0.3) is 5.91 Å². The Kier molecular flexibility index (Phi) is 5.20. The molecule has 0 heterocycles. The van der Waals surface area contributed by atoms with Gasteiger partial charge in [0, 0.05) is 6.04 Å². The van der Waals surface area contributed by atoms with Crippen LogP contribution in [0.1, 0.15) is 37.0 Å². The molecule has 1 rings (SSSR count). The van der Waals surface area contributed by atoms with Crippen molar-refractivity contribution in [2.75, 3.05) is 6.61 Å². The average molecular weight is 249 g/mol. The molecule has 1 amide bonds. The summed E-state index contributed by atoms with van der Waals surface area (Å²) in [6, 6.07) is 4.32. The highest BCUT2D eigenvalue weighted by Crippen LogP contribution is 2.24. The number of ether oxygens (including phenoxy) is 1. The number of hydrogen-bond acceptors (Lipinski definition) is 2. The Balaban J connectivity index is 2.61. The molecule has 0 saturated carbocycles. The van der Waals surface area contributed by atoms with Crippen molar-refractivity contribution in [3.8, 4) is 5.75 Å². The third kappa shape index (κ3) is 4.06. The number of aryl methyl sites for hydroxylation is 3. The van der Waals surface area contributed by atoms with Crippen LogP contribution in [0, 0.1) is 20.8 Å². The van der Waals surface area contributed by atoms with Gasteiger partial charge in [-0.2, -0.15) is 0 Å². The molecule has 18 heavy (non-hydrogen) atoms. The Morgan fingerprint density at radius 1 is 1.28 bits per heavy atom. The number of benzene rings is 1. The first kappa shape index (κ1) is 14.6. The van der Waals surface area contributed by atoms with Gasteiger partial charge < -0.3 is 10.1 Å². The molecule has 0 spiro atoms. The number of carbonyl (C=O) groups is 1. The van der Waals surface area contributed by atoms with E-state index in [0.717, 1.165) is 23.3 Å². The minimum Gasteiger partial charge on any atom is -0.483 e. The monoisotopic (exact) mass is 249 g/mol. The minimum atomic E-state index is -0.0660. The maximum Gasteiger partial charge on any atom is 0.258 e. The molecule has 0 bridgehead atoms. The predicted octanol–water partition coefficient (Wildman–Crippen LogP) is 2.91. The normalized spacial score (nSPS) is 12.1. The van der Waals surface area contributed by atoms with Gasteiger partial charge >= 0.3 is 0 Å². The van der Waals surface area contributed by atoms with Gasteiger partial charge in [0.2, 0.25) is 0 Å². The van der Waals surface area contributed by atoms with Crippen LogP contribution >= 0.6 is 0 Å². The van der Waals surface area contributed by atoms with Crippen molar-refractivity contribution >= 4 is 5.91 Å². The summed E-state index contributed by atoms with van der Waals surface area (Å²) >= 11 is 0. The summed E-state index contributed by atoms with van der Waals surface area (Å²) in [5.41, 5.74) is 3.36. The maximum absolute atomic E-state index is 11.6. The minimum absolute atomic E-state index is 0.0660. The van der Waals surface area contributed by atoms with E-state index in [0.29, 0.717) is 0 Å². The largest absolute Gasteiger partial charge is 0.483 e. The molecule has 0 aliphatic carbocycles. The molecule has 3 nitrogen and oxygen atoms in total. The van der Waals surface area contributed by atoms with Crippen molar-refractivity contribution in [1.82, 2.24) is 5.32 Å². The van der Waals surface area contributed by atoms with E-state index in [1.54, 1.807) is 0 Å². The fraction of sp³-hybridized carbons (Fsp3) is 0.533. The van der Waals surface area contributed by atoms with E-state index in [-0.39, 0.29) is 18.6 Å². The molecule has 0 radical (unpaired) electrons. The van der Waals surface area contributed by atoms with Gasteiger partial charge in [-0.25, -0.2) is 0 Å². The van der Waals surface area contributed by atoms with Crippen molar-refractivity contribution in [3.63, 3.8) is 0 Å². The molecule has 1 N–H and O–H groups in total. The van der Waals surface area contributed by atoms with Crippen LogP contribution in [0.25, 0.3) is 0 Å². The Morgan fingerprint density at radius 3 is 2.33 bits per heavy atom. The van der Waals surface area contributed by atoms with Gasteiger partial charge in [0.1, 0.15) is 5.75 Å². The first-order valence-corrected chi connectivity index (χ1v) is 6.44.